The molecule has 1 N–H and O–H groups in total. The van der Waals surface area contributed by atoms with Crippen molar-refractivity contribution < 1.29 is 14.3 Å². The molecule has 1 heterocycles. The van der Waals surface area contributed by atoms with Gasteiger partial charge in [-0.25, -0.2) is 0 Å². The highest BCUT2D eigenvalue weighted by molar-refractivity contribution is 6.30. The van der Waals surface area contributed by atoms with E-state index in [2.05, 4.69) is 12.2 Å². The minimum absolute atomic E-state index is 0.0463. The SMILES string of the molecule is C[C@H]1CCCC[C@H]1NC(=O)CN1C(=O)/C(=C\c2cccc(Cl)c2)Oc2ccccc21. The Morgan fingerprint density at radius 2 is 2.00 bits per heavy atom. The molecule has 1 aliphatic heterocycles. The van der Waals surface area contributed by atoms with Crippen LogP contribution in [0.4, 0.5) is 5.69 Å². The van der Waals surface area contributed by atoms with Crippen LogP contribution in [-0.2, 0) is 9.59 Å². The summed E-state index contributed by atoms with van der Waals surface area (Å²) in [6, 6.07) is 14.6. The maximum Gasteiger partial charge on any atom is 0.294 e. The second-order valence-corrected chi connectivity index (χ2v) is 8.40. The molecule has 2 aromatic carbocycles. The van der Waals surface area contributed by atoms with Crippen LogP contribution >= 0.6 is 11.6 Å². The number of hydrogen-bond acceptors (Lipinski definition) is 3. The van der Waals surface area contributed by atoms with E-state index in [9.17, 15) is 9.59 Å². The van der Waals surface area contributed by atoms with Crippen LogP contribution in [-0.4, -0.2) is 24.4 Å². The lowest BCUT2D eigenvalue weighted by atomic mass is 9.86. The van der Waals surface area contributed by atoms with Gasteiger partial charge in [0.15, 0.2) is 11.5 Å². The average molecular weight is 425 g/mol. The molecule has 0 saturated heterocycles. The lowest BCUT2D eigenvalue weighted by molar-refractivity contribution is -0.124. The van der Waals surface area contributed by atoms with E-state index in [1.54, 1.807) is 30.3 Å². The van der Waals surface area contributed by atoms with Gasteiger partial charge in [0.25, 0.3) is 5.91 Å². The summed E-state index contributed by atoms with van der Waals surface area (Å²) in [5.41, 5.74) is 1.35. The van der Waals surface area contributed by atoms with E-state index in [-0.39, 0.29) is 30.2 Å². The number of ether oxygens (including phenoxy) is 1. The average Bonchev–Trinajstić information content (AvgIpc) is 2.73. The number of rotatable bonds is 4. The van der Waals surface area contributed by atoms with Crippen LogP contribution in [0.25, 0.3) is 6.08 Å². The molecule has 6 heteroatoms. The molecule has 0 aromatic heterocycles. The van der Waals surface area contributed by atoms with Crippen LogP contribution in [0.5, 0.6) is 5.75 Å². The van der Waals surface area contributed by atoms with Crippen molar-refractivity contribution >= 4 is 35.2 Å². The van der Waals surface area contributed by atoms with Gasteiger partial charge >= 0.3 is 0 Å². The maximum atomic E-state index is 13.2. The van der Waals surface area contributed by atoms with Gasteiger partial charge in [-0.15, -0.1) is 0 Å². The fraction of sp³-hybridized carbons (Fsp3) is 0.333. The van der Waals surface area contributed by atoms with Gasteiger partial charge < -0.3 is 10.1 Å². The Kier molecular flexibility index (Phi) is 6.09. The highest BCUT2D eigenvalue weighted by atomic mass is 35.5. The van der Waals surface area contributed by atoms with Gasteiger partial charge in [-0.2, -0.15) is 0 Å². The molecule has 1 fully saturated rings. The third kappa shape index (κ3) is 4.51. The van der Waals surface area contributed by atoms with Crippen molar-refractivity contribution in [3.05, 3.63) is 64.9 Å². The quantitative estimate of drug-likeness (QED) is 0.717. The molecule has 1 aliphatic carbocycles. The standard InChI is InChI=1S/C24H25ClN2O3/c1-16-7-2-3-10-19(16)26-23(28)15-27-20-11-4-5-12-21(20)30-22(24(27)29)14-17-8-6-9-18(25)13-17/h4-6,8-9,11-14,16,19H,2-3,7,10,15H2,1H3,(H,26,28)/b22-14+/t16-,19+/m0/s1. The number of carbonyl (C=O) groups excluding carboxylic acids is 2. The van der Waals surface area contributed by atoms with Crippen LogP contribution in [0.2, 0.25) is 5.02 Å². The molecule has 2 atom stereocenters. The van der Waals surface area contributed by atoms with Crippen molar-refractivity contribution in [3.8, 4) is 5.75 Å². The third-order valence-electron chi connectivity index (χ3n) is 5.74. The van der Waals surface area contributed by atoms with E-state index in [4.69, 9.17) is 16.3 Å². The van der Waals surface area contributed by atoms with Gasteiger partial charge in [0, 0.05) is 11.1 Å². The molecule has 0 unspecified atom stereocenters. The van der Waals surface area contributed by atoms with Crippen molar-refractivity contribution in [1.29, 1.82) is 0 Å². The van der Waals surface area contributed by atoms with Crippen molar-refractivity contribution in [1.82, 2.24) is 5.32 Å². The Labute approximate surface area is 181 Å². The largest absolute Gasteiger partial charge is 0.449 e. The first-order chi connectivity index (χ1) is 14.5. The Bertz CT molecular complexity index is 988. The van der Waals surface area contributed by atoms with Crippen LogP contribution in [0, 0.1) is 5.92 Å². The molecule has 2 aromatic rings. The molecular weight excluding hydrogens is 400 g/mol. The number of para-hydroxylation sites is 2. The van der Waals surface area contributed by atoms with Crippen molar-refractivity contribution in [2.24, 2.45) is 5.92 Å². The molecule has 156 valence electrons. The number of hydrogen-bond donors (Lipinski definition) is 1. The first kappa shape index (κ1) is 20.5. The molecule has 0 bridgehead atoms. The summed E-state index contributed by atoms with van der Waals surface area (Å²) < 4.78 is 5.86. The number of halogens is 1. The minimum Gasteiger partial charge on any atom is -0.449 e. The van der Waals surface area contributed by atoms with E-state index in [0.29, 0.717) is 22.4 Å². The number of amides is 2. The van der Waals surface area contributed by atoms with E-state index >= 15 is 0 Å². The summed E-state index contributed by atoms with van der Waals surface area (Å²) in [5.74, 6) is 0.661. The Morgan fingerprint density at radius 1 is 1.20 bits per heavy atom. The summed E-state index contributed by atoms with van der Waals surface area (Å²) in [5, 5.41) is 3.70. The molecule has 30 heavy (non-hydrogen) atoms. The first-order valence-electron chi connectivity index (χ1n) is 10.4. The maximum absolute atomic E-state index is 13.2. The fourth-order valence-corrected chi connectivity index (χ4v) is 4.29. The fourth-order valence-electron chi connectivity index (χ4n) is 4.09. The molecule has 4 rings (SSSR count). The number of fused-ring (bicyclic) bond motifs is 1. The zero-order valence-corrected chi connectivity index (χ0v) is 17.7. The summed E-state index contributed by atoms with van der Waals surface area (Å²) in [4.78, 5) is 27.5. The molecule has 5 nitrogen and oxygen atoms in total. The van der Waals surface area contributed by atoms with E-state index in [1.165, 1.54) is 11.3 Å². The predicted octanol–water partition coefficient (Wildman–Crippen LogP) is 4.80. The molecule has 0 radical (unpaired) electrons. The lowest BCUT2D eigenvalue weighted by Gasteiger charge is -2.32. The van der Waals surface area contributed by atoms with Crippen molar-refractivity contribution in [2.75, 3.05) is 11.4 Å². The van der Waals surface area contributed by atoms with E-state index in [0.717, 1.165) is 24.8 Å². The van der Waals surface area contributed by atoms with Crippen LogP contribution in [0.3, 0.4) is 0 Å². The number of carbonyl (C=O) groups is 2. The highest BCUT2D eigenvalue weighted by Crippen LogP contribution is 2.35. The van der Waals surface area contributed by atoms with E-state index < -0.39 is 0 Å². The zero-order chi connectivity index (χ0) is 21.1. The Hall–Kier alpha value is -2.79. The highest BCUT2D eigenvalue weighted by Gasteiger charge is 2.32. The zero-order valence-electron chi connectivity index (χ0n) is 16.9. The number of anilines is 1. The second-order valence-electron chi connectivity index (χ2n) is 7.96. The Morgan fingerprint density at radius 3 is 2.80 bits per heavy atom. The summed E-state index contributed by atoms with van der Waals surface area (Å²) >= 11 is 6.06. The molecule has 1 saturated carbocycles. The summed E-state index contributed by atoms with van der Waals surface area (Å²) in [6.07, 6.45) is 6.09. The number of nitrogens with zero attached hydrogens (tertiary/aromatic N) is 1. The van der Waals surface area contributed by atoms with Gasteiger partial charge in [0.1, 0.15) is 6.54 Å². The lowest BCUT2D eigenvalue weighted by Crippen LogP contribution is -2.48. The second kappa shape index (κ2) is 8.92. The molecule has 2 amide bonds. The molecule has 2 aliphatic rings. The van der Waals surface area contributed by atoms with Crippen molar-refractivity contribution in [2.45, 2.75) is 38.6 Å². The van der Waals surface area contributed by atoms with Gasteiger partial charge in [-0.3, -0.25) is 14.5 Å². The van der Waals surface area contributed by atoms with Crippen molar-refractivity contribution in [3.63, 3.8) is 0 Å². The minimum atomic E-state index is -0.347. The smallest absolute Gasteiger partial charge is 0.294 e. The molecular formula is C24H25ClN2O3. The van der Waals surface area contributed by atoms with E-state index in [1.807, 2.05) is 24.3 Å². The van der Waals surface area contributed by atoms with Crippen LogP contribution in [0.1, 0.15) is 38.2 Å². The summed E-state index contributed by atoms with van der Waals surface area (Å²) in [7, 11) is 0. The monoisotopic (exact) mass is 424 g/mol. The van der Waals surface area contributed by atoms with Crippen LogP contribution < -0.4 is 15.0 Å². The van der Waals surface area contributed by atoms with Gasteiger partial charge in [-0.1, -0.05) is 55.6 Å². The normalized spacial score (nSPS) is 22.4. The molecule has 0 spiro atoms. The summed E-state index contributed by atoms with van der Waals surface area (Å²) in [6.45, 7) is 2.13. The van der Waals surface area contributed by atoms with Crippen LogP contribution in [0.15, 0.2) is 54.3 Å². The topological polar surface area (TPSA) is 58.6 Å². The Balaban J connectivity index is 1.57. The third-order valence-corrected chi connectivity index (χ3v) is 5.97. The van der Waals surface area contributed by atoms with Gasteiger partial charge in [0.2, 0.25) is 5.91 Å². The van der Waals surface area contributed by atoms with Gasteiger partial charge in [0.05, 0.1) is 5.69 Å². The van der Waals surface area contributed by atoms with Gasteiger partial charge in [-0.05, 0) is 54.7 Å². The first-order valence-corrected chi connectivity index (χ1v) is 10.7. The number of nitrogens with one attached hydrogen (secondary N) is 1. The number of benzene rings is 2. The predicted molar refractivity (Wildman–Crippen MR) is 118 cm³/mol.